The van der Waals surface area contributed by atoms with Gasteiger partial charge >= 0.3 is 6.03 Å². The van der Waals surface area contributed by atoms with E-state index in [-0.39, 0.29) is 11.6 Å². The van der Waals surface area contributed by atoms with Gasteiger partial charge in [-0.25, -0.2) is 9.18 Å². The van der Waals surface area contributed by atoms with Gasteiger partial charge in [-0.3, -0.25) is 0 Å². The zero-order valence-electron chi connectivity index (χ0n) is 9.83. The number of benzene rings is 1. The van der Waals surface area contributed by atoms with Crippen LogP contribution in [0.3, 0.4) is 0 Å². The highest BCUT2D eigenvalue weighted by atomic mass is 19.1. The summed E-state index contributed by atoms with van der Waals surface area (Å²) in [5.74, 6) is -0.590. The molecule has 90 valence electrons. The van der Waals surface area contributed by atoms with E-state index >= 15 is 0 Å². The lowest BCUT2D eigenvalue weighted by molar-refractivity contribution is 0.217. The van der Waals surface area contributed by atoms with Gasteiger partial charge in [0.15, 0.2) is 0 Å². The Morgan fingerprint density at radius 3 is 2.65 bits per heavy atom. The van der Waals surface area contributed by atoms with E-state index in [1.54, 1.807) is 11.0 Å². The Kier molecular flexibility index (Phi) is 4.46. The van der Waals surface area contributed by atoms with Crippen LogP contribution in [0, 0.1) is 17.1 Å². The van der Waals surface area contributed by atoms with E-state index in [1.165, 1.54) is 12.1 Å². The highest BCUT2D eigenvalue weighted by molar-refractivity contribution is 5.89. The van der Waals surface area contributed by atoms with Gasteiger partial charge in [0, 0.05) is 18.8 Å². The summed E-state index contributed by atoms with van der Waals surface area (Å²) in [4.78, 5) is 13.3. The number of hydrogen-bond donors (Lipinski definition) is 1. The highest BCUT2D eigenvalue weighted by Crippen LogP contribution is 2.14. The van der Waals surface area contributed by atoms with Gasteiger partial charge in [0.25, 0.3) is 0 Å². The number of anilines is 1. The molecular weight excluding hydrogens is 221 g/mol. The van der Waals surface area contributed by atoms with Gasteiger partial charge in [0.1, 0.15) is 11.9 Å². The van der Waals surface area contributed by atoms with Crippen LogP contribution in [-0.2, 0) is 0 Å². The summed E-state index contributed by atoms with van der Waals surface area (Å²) in [5.41, 5.74) is 0.335. The Bertz CT molecular complexity index is 450. The van der Waals surface area contributed by atoms with Gasteiger partial charge in [0.05, 0.1) is 5.56 Å². The van der Waals surface area contributed by atoms with Crippen molar-refractivity contribution in [2.45, 2.75) is 13.8 Å². The molecule has 1 N–H and O–H groups in total. The number of amides is 2. The van der Waals surface area contributed by atoms with E-state index < -0.39 is 5.82 Å². The molecule has 0 fully saturated rings. The fourth-order valence-electron chi connectivity index (χ4n) is 1.40. The number of nitriles is 1. The molecule has 0 aliphatic rings. The minimum atomic E-state index is -0.590. The van der Waals surface area contributed by atoms with Crippen LogP contribution in [0.5, 0.6) is 0 Å². The normalized spacial score (nSPS) is 9.53. The molecule has 0 radical (unpaired) electrons. The first kappa shape index (κ1) is 13.0. The topological polar surface area (TPSA) is 56.1 Å². The van der Waals surface area contributed by atoms with Gasteiger partial charge in [-0.1, -0.05) is 0 Å². The molecule has 1 aromatic carbocycles. The van der Waals surface area contributed by atoms with E-state index in [0.717, 1.165) is 6.07 Å². The Morgan fingerprint density at radius 1 is 1.47 bits per heavy atom. The van der Waals surface area contributed by atoms with Gasteiger partial charge in [-0.15, -0.1) is 0 Å². The van der Waals surface area contributed by atoms with Crippen molar-refractivity contribution in [1.29, 1.82) is 5.26 Å². The minimum absolute atomic E-state index is 0.0812. The number of carbonyl (C=O) groups is 1. The molecule has 0 spiro atoms. The Morgan fingerprint density at radius 2 is 2.12 bits per heavy atom. The standard InChI is InChI=1S/C12H14FN3O/c1-3-16(4-2)12(17)15-10-5-6-11(13)9(7-10)8-14/h5-7H,3-4H2,1-2H3,(H,15,17). The predicted molar refractivity (Wildman–Crippen MR) is 63.1 cm³/mol. The van der Waals surface area contributed by atoms with E-state index in [2.05, 4.69) is 5.32 Å². The summed E-state index contributed by atoms with van der Waals surface area (Å²) in [7, 11) is 0. The molecule has 0 saturated heterocycles. The van der Waals surface area contributed by atoms with Gasteiger partial charge in [-0.05, 0) is 32.0 Å². The number of halogens is 1. The monoisotopic (exact) mass is 235 g/mol. The molecule has 0 aromatic heterocycles. The summed E-state index contributed by atoms with van der Waals surface area (Å²) in [6.07, 6.45) is 0. The molecular formula is C12H14FN3O. The second-order valence-electron chi connectivity index (χ2n) is 3.41. The number of carbonyl (C=O) groups excluding carboxylic acids is 1. The first-order chi connectivity index (χ1) is 8.12. The van der Waals surface area contributed by atoms with Crippen LogP contribution in [0.4, 0.5) is 14.9 Å². The highest BCUT2D eigenvalue weighted by Gasteiger charge is 2.10. The lowest BCUT2D eigenvalue weighted by Gasteiger charge is -2.19. The zero-order valence-corrected chi connectivity index (χ0v) is 9.83. The van der Waals surface area contributed by atoms with Crippen LogP contribution in [-0.4, -0.2) is 24.0 Å². The minimum Gasteiger partial charge on any atom is -0.325 e. The molecule has 0 aliphatic carbocycles. The van der Waals surface area contributed by atoms with E-state index in [4.69, 9.17) is 5.26 Å². The van der Waals surface area contributed by atoms with Crippen molar-refractivity contribution in [3.05, 3.63) is 29.6 Å². The van der Waals surface area contributed by atoms with Crippen molar-refractivity contribution in [2.75, 3.05) is 18.4 Å². The van der Waals surface area contributed by atoms with Crippen molar-refractivity contribution >= 4 is 11.7 Å². The number of nitrogens with zero attached hydrogens (tertiary/aromatic N) is 2. The Labute approximate surface area is 99.7 Å². The predicted octanol–water partition coefficient (Wildman–Crippen LogP) is 2.57. The Hall–Kier alpha value is -2.09. The number of nitrogens with one attached hydrogen (secondary N) is 1. The van der Waals surface area contributed by atoms with Crippen molar-refractivity contribution in [2.24, 2.45) is 0 Å². The van der Waals surface area contributed by atoms with Gasteiger partial charge in [-0.2, -0.15) is 5.26 Å². The molecule has 0 saturated carbocycles. The zero-order chi connectivity index (χ0) is 12.8. The van der Waals surface area contributed by atoms with Crippen molar-refractivity contribution in [1.82, 2.24) is 4.90 Å². The second kappa shape index (κ2) is 5.85. The van der Waals surface area contributed by atoms with Crippen LogP contribution < -0.4 is 5.32 Å². The van der Waals surface area contributed by atoms with Crippen LogP contribution in [0.1, 0.15) is 19.4 Å². The lowest BCUT2D eigenvalue weighted by Crippen LogP contribution is -2.34. The quantitative estimate of drug-likeness (QED) is 0.875. The summed E-state index contributed by atoms with van der Waals surface area (Å²) in [5, 5.41) is 11.3. The fourth-order valence-corrected chi connectivity index (χ4v) is 1.40. The summed E-state index contributed by atoms with van der Waals surface area (Å²) in [6.45, 7) is 4.92. The molecule has 0 bridgehead atoms. The maximum atomic E-state index is 13.1. The molecule has 4 nitrogen and oxygen atoms in total. The summed E-state index contributed by atoms with van der Waals surface area (Å²) >= 11 is 0. The first-order valence-corrected chi connectivity index (χ1v) is 5.38. The van der Waals surface area contributed by atoms with E-state index in [9.17, 15) is 9.18 Å². The molecule has 0 aliphatic heterocycles. The first-order valence-electron chi connectivity index (χ1n) is 5.38. The Balaban J connectivity index is 2.82. The smallest absolute Gasteiger partial charge is 0.321 e. The maximum absolute atomic E-state index is 13.1. The second-order valence-corrected chi connectivity index (χ2v) is 3.41. The van der Waals surface area contributed by atoms with E-state index in [0.29, 0.717) is 18.8 Å². The third-order valence-corrected chi connectivity index (χ3v) is 2.39. The molecule has 0 heterocycles. The maximum Gasteiger partial charge on any atom is 0.321 e. The number of urea groups is 1. The van der Waals surface area contributed by atoms with Crippen LogP contribution in [0.25, 0.3) is 0 Å². The van der Waals surface area contributed by atoms with Gasteiger partial charge in [0.2, 0.25) is 0 Å². The van der Waals surface area contributed by atoms with Crippen molar-refractivity contribution in [3.63, 3.8) is 0 Å². The largest absolute Gasteiger partial charge is 0.325 e. The third-order valence-electron chi connectivity index (χ3n) is 2.39. The molecule has 0 unspecified atom stereocenters. The van der Waals surface area contributed by atoms with Gasteiger partial charge < -0.3 is 10.2 Å². The average Bonchev–Trinajstić information content (AvgIpc) is 2.33. The van der Waals surface area contributed by atoms with Crippen LogP contribution in [0.2, 0.25) is 0 Å². The molecule has 5 heteroatoms. The van der Waals surface area contributed by atoms with Crippen molar-refractivity contribution in [3.8, 4) is 6.07 Å². The van der Waals surface area contributed by atoms with E-state index in [1.807, 2.05) is 13.8 Å². The number of hydrogen-bond acceptors (Lipinski definition) is 2. The fraction of sp³-hybridized carbons (Fsp3) is 0.333. The molecule has 17 heavy (non-hydrogen) atoms. The molecule has 1 rings (SSSR count). The number of rotatable bonds is 3. The molecule has 2 amide bonds. The third kappa shape index (κ3) is 3.18. The SMILES string of the molecule is CCN(CC)C(=O)Nc1ccc(F)c(C#N)c1. The molecule has 1 aromatic rings. The van der Waals surface area contributed by atoms with Crippen LogP contribution in [0.15, 0.2) is 18.2 Å². The summed E-state index contributed by atoms with van der Waals surface area (Å²) < 4.78 is 13.1. The lowest BCUT2D eigenvalue weighted by atomic mass is 10.2. The van der Waals surface area contributed by atoms with Crippen LogP contribution >= 0.6 is 0 Å². The average molecular weight is 235 g/mol. The molecule has 0 atom stereocenters. The van der Waals surface area contributed by atoms with Crippen molar-refractivity contribution < 1.29 is 9.18 Å². The summed E-state index contributed by atoms with van der Waals surface area (Å²) in [6, 6.07) is 5.37.